The smallest absolute Gasteiger partial charge is 0.167 e. The number of rotatable bonds is 2. The number of carbonyl (C=O) groups excluding carboxylic acids is 1. The van der Waals surface area contributed by atoms with Crippen molar-refractivity contribution in [2.45, 2.75) is 6.92 Å². The van der Waals surface area contributed by atoms with Gasteiger partial charge in [-0.15, -0.1) is 0 Å². The lowest BCUT2D eigenvalue weighted by molar-refractivity contribution is 0.101. The summed E-state index contributed by atoms with van der Waals surface area (Å²) in [6, 6.07) is 3.03. The maximum Gasteiger partial charge on any atom is 0.167 e. The molecule has 13 heavy (non-hydrogen) atoms. The average Bonchev–Trinajstić information content (AvgIpc) is 2.08. The number of ketones is 1. The van der Waals surface area contributed by atoms with E-state index in [1.54, 1.807) is 6.07 Å². The first-order valence-corrected chi connectivity index (χ1v) is 3.74. The van der Waals surface area contributed by atoms with Gasteiger partial charge in [-0.2, -0.15) is 0 Å². The lowest BCUT2D eigenvalue weighted by Crippen LogP contribution is -2.00. The van der Waals surface area contributed by atoms with Crippen LogP contribution >= 0.6 is 0 Å². The Morgan fingerprint density at radius 1 is 1.54 bits per heavy atom. The first kappa shape index (κ1) is 9.38. The second-order valence-corrected chi connectivity index (χ2v) is 2.64. The molecule has 0 heterocycles. The summed E-state index contributed by atoms with van der Waals surface area (Å²) in [5.74, 6) is -0.160. The molecule has 0 aliphatic carbocycles. The van der Waals surface area contributed by atoms with Crippen molar-refractivity contribution in [2.75, 3.05) is 12.8 Å². The van der Waals surface area contributed by atoms with Gasteiger partial charge in [-0.25, -0.2) is 0 Å². The zero-order chi connectivity index (χ0) is 10.0. The molecule has 0 fully saturated rings. The van der Waals surface area contributed by atoms with Crippen molar-refractivity contribution >= 4 is 11.5 Å². The molecular formula is C9H11NO3. The standard InChI is InChI=1S/C9H11NO3/c1-5(11)8-7(13-2)4-3-6(10)9(8)12/h3-4,12H,10H2,1-2H3. The Hall–Kier alpha value is -1.71. The Bertz CT molecular complexity index is 347. The number of nitrogen functional groups attached to an aromatic ring is 1. The first-order valence-electron chi connectivity index (χ1n) is 3.74. The number of hydrogen-bond donors (Lipinski definition) is 2. The van der Waals surface area contributed by atoms with Crippen LogP contribution in [-0.4, -0.2) is 18.0 Å². The molecule has 0 aromatic heterocycles. The maximum absolute atomic E-state index is 11.1. The highest BCUT2D eigenvalue weighted by molar-refractivity contribution is 6.01. The summed E-state index contributed by atoms with van der Waals surface area (Å²) >= 11 is 0. The Balaban J connectivity index is 3.41. The minimum atomic E-state index is -0.276. The van der Waals surface area contributed by atoms with Gasteiger partial charge >= 0.3 is 0 Å². The van der Waals surface area contributed by atoms with Crippen LogP contribution in [0.15, 0.2) is 12.1 Å². The van der Waals surface area contributed by atoms with E-state index in [0.29, 0.717) is 5.75 Å². The molecule has 0 aliphatic heterocycles. The number of nitrogens with two attached hydrogens (primary N) is 1. The van der Waals surface area contributed by atoms with Crippen LogP contribution in [0, 0.1) is 0 Å². The Labute approximate surface area is 75.9 Å². The Morgan fingerprint density at radius 3 is 2.62 bits per heavy atom. The topological polar surface area (TPSA) is 72.6 Å². The van der Waals surface area contributed by atoms with Crippen molar-refractivity contribution in [2.24, 2.45) is 0 Å². The predicted octanol–water partition coefficient (Wildman–Crippen LogP) is 1.19. The molecule has 1 aromatic carbocycles. The molecule has 0 saturated carbocycles. The highest BCUT2D eigenvalue weighted by Crippen LogP contribution is 2.32. The Morgan fingerprint density at radius 2 is 2.15 bits per heavy atom. The maximum atomic E-state index is 11.1. The molecule has 3 N–H and O–H groups in total. The number of hydrogen-bond acceptors (Lipinski definition) is 4. The van der Waals surface area contributed by atoms with Gasteiger partial charge in [-0.05, 0) is 19.1 Å². The zero-order valence-electron chi connectivity index (χ0n) is 7.50. The molecule has 0 saturated heterocycles. The normalized spacial score (nSPS) is 9.69. The van der Waals surface area contributed by atoms with Crippen LogP contribution < -0.4 is 10.5 Å². The highest BCUT2D eigenvalue weighted by atomic mass is 16.5. The van der Waals surface area contributed by atoms with Crippen LogP contribution in [0.5, 0.6) is 11.5 Å². The number of Topliss-reactive ketones (excluding diaryl/α,β-unsaturated/α-hetero) is 1. The predicted molar refractivity (Wildman–Crippen MR) is 49.1 cm³/mol. The molecule has 4 nitrogen and oxygen atoms in total. The number of benzene rings is 1. The minimum Gasteiger partial charge on any atom is -0.505 e. The lowest BCUT2D eigenvalue weighted by atomic mass is 10.1. The van der Waals surface area contributed by atoms with Gasteiger partial charge in [0.15, 0.2) is 11.5 Å². The van der Waals surface area contributed by atoms with Crippen LogP contribution in [0.2, 0.25) is 0 Å². The van der Waals surface area contributed by atoms with E-state index >= 15 is 0 Å². The second kappa shape index (κ2) is 3.35. The van der Waals surface area contributed by atoms with E-state index in [2.05, 4.69) is 0 Å². The quantitative estimate of drug-likeness (QED) is 0.408. The van der Waals surface area contributed by atoms with Gasteiger partial charge < -0.3 is 15.6 Å². The molecule has 4 heteroatoms. The minimum absolute atomic E-state index is 0.127. The number of ether oxygens (including phenoxy) is 1. The summed E-state index contributed by atoms with van der Waals surface area (Å²) < 4.78 is 4.91. The van der Waals surface area contributed by atoms with Gasteiger partial charge in [0, 0.05) is 0 Å². The number of methoxy groups -OCH3 is 1. The van der Waals surface area contributed by atoms with Crippen molar-refractivity contribution in [3.05, 3.63) is 17.7 Å². The summed E-state index contributed by atoms with van der Waals surface area (Å²) in [5, 5.41) is 9.45. The van der Waals surface area contributed by atoms with Crippen LogP contribution in [0.1, 0.15) is 17.3 Å². The molecule has 1 aromatic rings. The van der Waals surface area contributed by atoms with Crippen molar-refractivity contribution in [1.29, 1.82) is 0 Å². The highest BCUT2D eigenvalue weighted by Gasteiger charge is 2.15. The van der Waals surface area contributed by atoms with Crippen LogP contribution in [0.3, 0.4) is 0 Å². The molecule has 0 spiro atoms. The average molecular weight is 181 g/mol. The largest absolute Gasteiger partial charge is 0.505 e. The number of phenolic OH excluding ortho intramolecular Hbond substituents is 1. The molecule has 0 atom stereocenters. The lowest BCUT2D eigenvalue weighted by Gasteiger charge is -2.08. The number of phenols is 1. The molecule has 0 amide bonds. The van der Waals surface area contributed by atoms with Crippen molar-refractivity contribution < 1.29 is 14.6 Å². The van der Waals surface area contributed by atoms with Gasteiger partial charge in [-0.3, -0.25) is 4.79 Å². The van der Waals surface area contributed by atoms with E-state index in [9.17, 15) is 9.90 Å². The van der Waals surface area contributed by atoms with E-state index in [0.717, 1.165) is 0 Å². The summed E-state index contributed by atoms with van der Waals surface area (Å²) in [4.78, 5) is 11.1. The number of carbonyl (C=O) groups is 1. The van der Waals surface area contributed by atoms with Crippen molar-refractivity contribution in [1.82, 2.24) is 0 Å². The molecule has 0 bridgehead atoms. The third-order valence-corrected chi connectivity index (χ3v) is 1.74. The molecule has 0 radical (unpaired) electrons. The van der Waals surface area contributed by atoms with E-state index in [4.69, 9.17) is 10.5 Å². The van der Waals surface area contributed by atoms with Gasteiger partial charge in [0.2, 0.25) is 0 Å². The molecular weight excluding hydrogens is 170 g/mol. The molecule has 1 rings (SSSR count). The van der Waals surface area contributed by atoms with Crippen LogP contribution in [0.25, 0.3) is 0 Å². The third kappa shape index (κ3) is 1.56. The van der Waals surface area contributed by atoms with E-state index in [-0.39, 0.29) is 22.8 Å². The fraction of sp³-hybridized carbons (Fsp3) is 0.222. The molecule has 70 valence electrons. The van der Waals surface area contributed by atoms with E-state index in [1.807, 2.05) is 0 Å². The van der Waals surface area contributed by atoms with Crippen LogP contribution in [-0.2, 0) is 0 Å². The number of aromatic hydroxyl groups is 1. The summed E-state index contributed by atoms with van der Waals surface area (Å²) in [7, 11) is 1.43. The summed E-state index contributed by atoms with van der Waals surface area (Å²) in [5.41, 5.74) is 5.72. The Kier molecular flexibility index (Phi) is 2.41. The fourth-order valence-corrected chi connectivity index (χ4v) is 1.10. The van der Waals surface area contributed by atoms with Gasteiger partial charge in [0.1, 0.15) is 11.3 Å². The van der Waals surface area contributed by atoms with Crippen molar-refractivity contribution in [3.8, 4) is 11.5 Å². The molecule has 0 unspecified atom stereocenters. The number of anilines is 1. The molecule has 0 aliphatic rings. The van der Waals surface area contributed by atoms with E-state index in [1.165, 1.54) is 20.1 Å². The zero-order valence-corrected chi connectivity index (χ0v) is 7.50. The summed E-state index contributed by atoms with van der Waals surface area (Å²) in [6.45, 7) is 1.34. The van der Waals surface area contributed by atoms with Gasteiger partial charge in [0.05, 0.1) is 12.8 Å². The SMILES string of the molecule is COc1ccc(N)c(O)c1C(C)=O. The first-order chi connectivity index (χ1) is 6.07. The van der Waals surface area contributed by atoms with Crippen molar-refractivity contribution in [3.63, 3.8) is 0 Å². The van der Waals surface area contributed by atoms with E-state index < -0.39 is 0 Å². The monoisotopic (exact) mass is 181 g/mol. The van der Waals surface area contributed by atoms with Crippen LogP contribution in [0.4, 0.5) is 5.69 Å². The summed E-state index contributed by atoms with van der Waals surface area (Å²) in [6.07, 6.45) is 0. The van der Waals surface area contributed by atoms with Gasteiger partial charge in [0.25, 0.3) is 0 Å². The third-order valence-electron chi connectivity index (χ3n) is 1.74. The fourth-order valence-electron chi connectivity index (χ4n) is 1.10. The van der Waals surface area contributed by atoms with Gasteiger partial charge in [-0.1, -0.05) is 0 Å². The second-order valence-electron chi connectivity index (χ2n) is 2.64.